The van der Waals surface area contributed by atoms with Crippen LogP contribution in [0.4, 0.5) is 0 Å². The van der Waals surface area contributed by atoms with Crippen molar-refractivity contribution in [2.75, 3.05) is 19.6 Å². The van der Waals surface area contributed by atoms with Gasteiger partial charge in [0.05, 0.1) is 0 Å². The third-order valence-electron chi connectivity index (χ3n) is 3.99. The van der Waals surface area contributed by atoms with Crippen LogP contribution in [0.3, 0.4) is 0 Å². The van der Waals surface area contributed by atoms with Crippen LogP contribution in [-0.4, -0.2) is 24.5 Å². The number of hydrogen-bond donors (Lipinski definition) is 1. The van der Waals surface area contributed by atoms with Crippen molar-refractivity contribution in [3.05, 3.63) is 60.2 Å². The van der Waals surface area contributed by atoms with Gasteiger partial charge in [-0.25, -0.2) is 0 Å². The number of hydrogen-bond acceptors (Lipinski definition) is 3. The fourth-order valence-electron chi connectivity index (χ4n) is 2.84. The molecule has 118 valence electrons. The van der Waals surface area contributed by atoms with Gasteiger partial charge < -0.3 is 10.5 Å². The van der Waals surface area contributed by atoms with Crippen molar-refractivity contribution >= 4 is 12.4 Å². The summed E-state index contributed by atoms with van der Waals surface area (Å²) in [5.41, 5.74) is 7.05. The van der Waals surface area contributed by atoms with E-state index in [4.69, 9.17) is 10.5 Å². The molecule has 0 saturated carbocycles. The number of para-hydroxylation sites is 1. The average Bonchev–Trinajstić information content (AvgIpc) is 2.96. The van der Waals surface area contributed by atoms with Gasteiger partial charge in [-0.1, -0.05) is 30.3 Å². The summed E-state index contributed by atoms with van der Waals surface area (Å²) in [5, 5.41) is 0. The Hall–Kier alpha value is -1.55. The van der Waals surface area contributed by atoms with Crippen molar-refractivity contribution in [3.63, 3.8) is 0 Å². The highest BCUT2D eigenvalue weighted by molar-refractivity contribution is 5.85. The first-order chi connectivity index (χ1) is 10.3. The van der Waals surface area contributed by atoms with Gasteiger partial charge in [-0.05, 0) is 55.3 Å². The molecule has 0 radical (unpaired) electrons. The van der Waals surface area contributed by atoms with E-state index in [9.17, 15) is 0 Å². The van der Waals surface area contributed by atoms with Crippen LogP contribution in [0, 0.1) is 5.92 Å². The van der Waals surface area contributed by atoms with E-state index < -0.39 is 0 Å². The molecule has 3 rings (SSSR count). The van der Waals surface area contributed by atoms with Crippen molar-refractivity contribution in [1.82, 2.24) is 4.90 Å². The van der Waals surface area contributed by atoms with Gasteiger partial charge in [-0.2, -0.15) is 0 Å². The minimum atomic E-state index is 0. The highest BCUT2D eigenvalue weighted by Gasteiger charge is 2.20. The lowest BCUT2D eigenvalue weighted by atomic mass is 10.1. The summed E-state index contributed by atoms with van der Waals surface area (Å²) in [6, 6.07) is 18.2. The molecule has 1 atom stereocenters. The first-order valence-electron chi connectivity index (χ1n) is 7.58. The molecule has 1 aliphatic heterocycles. The number of benzene rings is 2. The fourth-order valence-corrected chi connectivity index (χ4v) is 2.84. The lowest BCUT2D eigenvalue weighted by Crippen LogP contribution is -2.22. The van der Waals surface area contributed by atoms with Crippen LogP contribution in [0.5, 0.6) is 11.5 Å². The Morgan fingerprint density at radius 2 is 1.82 bits per heavy atom. The van der Waals surface area contributed by atoms with Crippen LogP contribution in [0.15, 0.2) is 54.6 Å². The first-order valence-corrected chi connectivity index (χ1v) is 7.58. The van der Waals surface area contributed by atoms with Gasteiger partial charge >= 0.3 is 0 Å². The molecule has 1 aliphatic rings. The Morgan fingerprint density at radius 1 is 1.05 bits per heavy atom. The molecular weight excluding hydrogens is 296 g/mol. The molecule has 3 nitrogen and oxygen atoms in total. The molecule has 2 aromatic carbocycles. The predicted octanol–water partition coefficient (Wildman–Crippen LogP) is 3.68. The van der Waals surface area contributed by atoms with Gasteiger partial charge in [0.1, 0.15) is 11.5 Å². The zero-order valence-corrected chi connectivity index (χ0v) is 13.5. The molecular formula is C18H23ClN2O. The Balaban J connectivity index is 0.00000176. The Morgan fingerprint density at radius 3 is 2.55 bits per heavy atom. The molecule has 1 heterocycles. The van der Waals surface area contributed by atoms with E-state index in [1.54, 1.807) is 0 Å². The van der Waals surface area contributed by atoms with Crippen LogP contribution >= 0.6 is 12.4 Å². The van der Waals surface area contributed by atoms with Crippen molar-refractivity contribution in [3.8, 4) is 11.5 Å². The van der Waals surface area contributed by atoms with Crippen molar-refractivity contribution in [2.24, 2.45) is 11.7 Å². The Labute approximate surface area is 138 Å². The first kappa shape index (κ1) is 16.8. The van der Waals surface area contributed by atoms with E-state index in [-0.39, 0.29) is 12.4 Å². The molecule has 0 amide bonds. The molecule has 0 spiro atoms. The number of nitrogens with two attached hydrogens (primary N) is 1. The molecule has 1 saturated heterocycles. The van der Waals surface area contributed by atoms with Crippen LogP contribution in [0.1, 0.15) is 12.0 Å². The zero-order chi connectivity index (χ0) is 14.5. The van der Waals surface area contributed by atoms with E-state index >= 15 is 0 Å². The van der Waals surface area contributed by atoms with E-state index in [1.165, 1.54) is 12.0 Å². The number of ether oxygens (including phenoxy) is 1. The second-order valence-corrected chi connectivity index (χ2v) is 5.69. The largest absolute Gasteiger partial charge is 0.457 e. The van der Waals surface area contributed by atoms with E-state index in [1.807, 2.05) is 36.4 Å². The summed E-state index contributed by atoms with van der Waals surface area (Å²) < 4.78 is 5.89. The van der Waals surface area contributed by atoms with Gasteiger partial charge in [-0.15, -0.1) is 12.4 Å². The minimum Gasteiger partial charge on any atom is -0.457 e. The van der Waals surface area contributed by atoms with Gasteiger partial charge in [0.25, 0.3) is 0 Å². The molecule has 0 aromatic heterocycles. The van der Waals surface area contributed by atoms with Crippen molar-refractivity contribution in [2.45, 2.75) is 13.0 Å². The SMILES string of the molecule is Cl.NCC1CCN(Cc2cccc(Oc3ccccc3)c2)C1. The molecule has 2 aromatic rings. The highest BCUT2D eigenvalue weighted by Crippen LogP contribution is 2.23. The lowest BCUT2D eigenvalue weighted by Gasteiger charge is -2.16. The zero-order valence-electron chi connectivity index (χ0n) is 12.7. The average molecular weight is 319 g/mol. The van der Waals surface area contributed by atoms with Crippen LogP contribution in [-0.2, 0) is 6.54 Å². The Bertz CT molecular complexity index is 576. The Kier molecular flexibility index (Phi) is 6.25. The molecule has 0 aliphatic carbocycles. The summed E-state index contributed by atoms with van der Waals surface area (Å²) >= 11 is 0. The molecule has 2 N–H and O–H groups in total. The summed E-state index contributed by atoms with van der Waals surface area (Å²) in [7, 11) is 0. The monoisotopic (exact) mass is 318 g/mol. The van der Waals surface area contributed by atoms with Crippen molar-refractivity contribution < 1.29 is 4.74 Å². The van der Waals surface area contributed by atoms with Crippen molar-refractivity contribution in [1.29, 1.82) is 0 Å². The molecule has 4 heteroatoms. The third-order valence-corrected chi connectivity index (χ3v) is 3.99. The maximum absolute atomic E-state index is 5.89. The van der Waals surface area contributed by atoms with Gasteiger partial charge in [-0.3, -0.25) is 4.90 Å². The number of rotatable bonds is 5. The topological polar surface area (TPSA) is 38.5 Å². The van der Waals surface area contributed by atoms with E-state index in [2.05, 4.69) is 23.1 Å². The van der Waals surface area contributed by atoms with Gasteiger partial charge in [0.2, 0.25) is 0 Å². The predicted molar refractivity (Wildman–Crippen MR) is 92.6 cm³/mol. The minimum absolute atomic E-state index is 0. The smallest absolute Gasteiger partial charge is 0.127 e. The number of likely N-dealkylation sites (tertiary alicyclic amines) is 1. The standard InChI is InChI=1S/C18H22N2O.ClH/c19-12-16-9-10-20(14-16)13-15-5-4-8-18(11-15)21-17-6-2-1-3-7-17;/h1-8,11,16H,9-10,12-14,19H2;1H. The van der Waals surface area contributed by atoms with Gasteiger partial charge in [0, 0.05) is 13.1 Å². The van der Waals surface area contributed by atoms with Gasteiger partial charge in [0.15, 0.2) is 0 Å². The lowest BCUT2D eigenvalue weighted by molar-refractivity contribution is 0.317. The second-order valence-electron chi connectivity index (χ2n) is 5.69. The molecule has 22 heavy (non-hydrogen) atoms. The normalized spacial score (nSPS) is 18.0. The highest BCUT2D eigenvalue weighted by atomic mass is 35.5. The maximum Gasteiger partial charge on any atom is 0.127 e. The quantitative estimate of drug-likeness (QED) is 0.914. The molecule has 1 unspecified atom stereocenters. The second kappa shape index (κ2) is 8.18. The van der Waals surface area contributed by atoms with E-state index in [0.29, 0.717) is 5.92 Å². The molecule has 1 fully saturated rings. The van der Waals surface area contributed by atoms with Crippen LogP contribution in [0.25, 0.3) is 0 Å². The summed E-state index contributed by atoms with van der Waals surface area (Å²) in [6.07, 6.45) is 1.22. The third kappa shape index (κ3) is 4.47. The van der Waals surface area contributed by atoms with Crippen LogP contribution < -0.4 is 10.5 Å². The molecule has 0 bridgehead atoms. The maximum atomic E-state index is 5.89. The number of halogens is 1. The number of nitrogens with zero attached hydrogens (tertiary/aromatic N) is 1. The van der Waals surface area contributed by atoms with Crippen LogP contribution in [0.2, 0.25) is 0 Å². The summed E-state index contributed by atoms with van der Waals surface area (Å²) in [6.45, 7) is 4.03. The fraction of sp³-hybridized carbons (Fsp3) is 0.333. The summed E-state index contributed by atoms with van der Waals surface area (Å²) in [5.74, 6) is 2.43. The van der Waals surface area contributed by atoms with E-state index in [0.717, 1.165) is 37.7 Å². The summed E-state index contributed by atoms with van der Waals surface area (Å²) in [4.78, 5) is 2.47.